The summed E-state index contributed by atoms with van der Waals surface area (Å²) in [5, 5.41) is 5.07. The minimum Gasteiger partial charge on any atom is -0.298 e. The van der Waals surface area contributed by atoms with E-state index in [0.29, 0.717) is 11.0 Å². The van der Waals surface area contributed by atoms with E-state index in [1.54, 1.807) is 6.07 Å². The van der Waals surface area contributed by atoms with Gasteiger partial charge in [0, 0.05) is 17.5 Å². The molecule has 8 heteroatoms. The van der Waals surface area contributed by atoms with Crippen molar-refractivity contribution in [2.45, 2.75) is 29.5 Å². The van der Waals surface area contributed by atoms with Crippen molar-refractivity contribution in [3.63, 3.8) is 0 Å². The highest BCUT2D eigenvalue weighted by molar-refractivity contribution is 7.99. The van der Waals surface area contributed by atoms with Gasteiger partial charge in [-0.1, -0.05) is 0 Å². The van der Waals surface area contributed by atoms with Crippen LogP contribution >= 0.6 is 23.1 Å². The number of alkyl halides is 2. The van der Waals surface area contributed by atoms with Crippen molar-refractivity contribution in [2.24, 2.45) is 0 Å². The van der Waals surface area contributed by atoms with E-state index >= 15 is 0 Å². The SMILES string of the molecule is O=C(Nc1nc(C2CC2)cs1)c1cccnc1SC(F)F. The number of amides is 1. The van der Waals surface area contributed by atoms with Crippen LogP contribution < -0.4 is 5.32 Å². The molecule has 1 amide bonds. The number of hydrogen-bond donors (Lipinski definition) is 1. The molecule has 0 aliphatic heterocycles. The first-order valence-corrected chi connectivity index (χ1v) is 8.06. The molecule has 21 heavy (non-hydrogen) atoms. The maximum Gasteiger partial charge on any atom is 0.290 e. The second-order valence-electron chi connectivity index (χ2n) is 4.54. The Balaban J connectivity index is 1.74. The summed E-state index contributed by atoms with van der Waals surface area (Å²) >= 11 is 1.60. The Morgan fingerprint density at radius 3 is 3.00 bits per heavy atom. The van der Waals surface area contributed by atoms with Crippen LogP contribution in [0.1, 0.15) is 34.8 Å². The van der Waals surface area contributed by atoms with Crippen LogP contribution in [0, 0.1) is 0 Å². The third kappa shape index (κ3) is 3.56. The summed E-state index contributed by atoms with van der Waals surface area (Å²) < 4.78 is 24.9. The van der Waals surface area contributed by atoms with Crippen molar-refractivity contribution >= 4 is 34.1 Å². The van der Waals surface area contributed by atoms with Gasteiger partial charge in [-0.3, -0.25) is 10.1 Å². The summed E-state index contributed by atoms with van der Waals surface area (Å²) in [4.78, 5) is 20.3. The van der Waals surface area contributed by atoms with E-state index in [-0.39, 0.29) is 22.4 Å². The highest BCUT2D eigenvalue weighted by atomic mass is 32.2. The van der Waals surface area contributed by atoms with Gasteiger partial charge in [-0.05, 0) is 36.7 Å². The predicted molar refractivity (Wildman–Crippen MR) is 78.1 cm³/mol. The lowest BCUT2D eigenvalue weighted by Crippen LogP contribution is -2.13. The average molecular weight is 327 g/mol. The molecule has 2 heterocycles. The summed E-state index contributed by atoms with van der Waals surface area (Å²) in [6, 6.07) is 3.02. The third-order valence-electron chi connectivity index (χ3n) is 2.95. The summed E-state index contributed by atoms with van der Waals surface area (Å²) in [6.07, 6.45) is 3.65. The zero-order chi connectivity index (χ0) is 14.8. The van der Waals surface area contributed by atoms with Crippen LogP contribution in [0.4, 0.5) is 13.9 Å². The Bertz CT molecular complexity index is 658. The molecule has 2 aromatic heterocycles. The average Bonchev–Trinajstić information content (AvgIpc) is 3.19. The van der Waals surface area contributed by atoms with Crippen LogP contribution in [0.3, 0.4) is 0 Å². The van der Waals surface area contributed by atoms with E-state index in [0.717, 1.165) is 18.5 Å². The topological polar surface area (TPSA) is 54.9 Å². The molecule has 4 nitrogen and oxygen atoms in total. The normalized spacial score (nSPS) is 14.4. The highest BCUT2D eigenvalue weighted by Crippen LogP contribution is 2.41. The first-order valence-electron chi connectivity index (χ1n) is 6.30. The first-order chi connectivity index (χ1) is 10.1. The van der Waals surface area contributed by atoms with Crippen LogP contribution in [0.15, 0.2) is 28.7 Å². The van der Waals surface area contributed by atoms with Gasteiger partial charge in [-0.25, -0.2) is 9.97 Å². The lowest BCUT2D eigenvalue weighted by atomic mass is 10.3. The number of carbonyl (C=O) groups is 1. The molecular formula is C13H11F2N3OS2. The second-order valence-corrected chi connectivity index (χ2v) is 6.38. The molecule has 0 spiro atoms. The molecule has 0 bridgehead atoms. The lowest BCUT2D eigenvalue weighted by Gasteiger charge is -2.06. The fraction of sp³-hybridized carbons (Fsp3) is 0.308. The van der Waals surface area contributed by atoms with Gasteiger partial charge in [-0.15, -0.1) is 11.3 Å². The van der Waals surface area contributed by atoms with Crippen molar-refractivity contribution in [1.82, 2.24) is 9.97 Å². The van der Waals surface area contributed by atoms with E-state index in [2.05, 4.69) is 15.3 Å². The Morgan fingerprint density at radius 1 is 1.48 bits per heavy atom. The molecule has 1 aliphatic carbocycles. The smallest absolute Gasteiger partial charge is 0.290 e. The monoisotopic (exact) mass is 327 g/mol. The largest absolute Gasteiger partial charge is 0.298 e. The van der Waals surface area contributed by atoms with Crippen LogP contribution in [-0.2, 0) is 0 Å². The van der Waals surface area contributed by atoms with Gasteiger partial charge >= 0.3 is 0 Å². The van der Waals surface area contributed by atoms with Crippen LogP contribution in [0.5, 0.6) is 0 Å². The first kappa shape index (κ1) is 14.4. The number of thiazole rings is 1. The standard InChI is InChI=1S/C13H11F2N3OS2/c14-12(15)21-11-8(2-1-5-16-11)10(19)18-13-17-9(6-20-13)7-3-4-7/h1-2,5-7,12H,3-4H2,(H,17,18,19). The van der Waals surface area contributed by atoms with E-state index in [9.17, 15) is 13.6 Å². The molecule has 1 aliphatic rings. The van der Waals surface area contributed by atoms with Crippen molar-refractivity contribution in [2.75, 3.05) is 5.32 Å². The van der Waals surface area contributed by atoms with E-state index < -0.39 is 11.7 Å². The molecule has 110 valence electrons. The molecule has 3 rings (SSSR count). The number of rotatable bonds is 5. The third-order valence-corrected chi connectivity index (χ3v) is 4.46. The zero-order valence-electron chi connectivity index (χ0n) is 10.8. The Morgan fingerprint density at radius 2 is 2.29 bits per heavy atom. The van der Waals surface area contributed by atoms with E-state index in [1.807, 2.05) is 5.38 Å². The summed E-state index contributed by atoms with van der Waals surface area (Å²) in [6.45, 7) is 0. The Labute approximate surface area is 128 Å². The van der Waals surface area contributed by atoms with E-state index in [1.165, 1.54) is 23.6 Å². The Hall–Kier alpha value is -1.54. The van der Waals surface area contributed by atoms with Crippen molar-refractivity contribution < 1.29 is 13.6 Å². The van der Waals surface area contributed by atoms with Gasteiger partial charge < -0.3 is 0 Å². The molecule has 2 aromatic rings. The van der Waals surface area contributed by atoms with Gasteiger partial charge in [0.1, 0.15) is 5.03 Å². The maximum absolute atomic E-state index is 12.5. The lowest BCUT2D eigenvalue weighted by molar-refractivity contribution is 0.102. The number of aromatic nitrogens is 2. The van der Waals surface area contributed by atoms with Crippen LogP contribution in [0.2, 0.25) is 0 Å². The van der Waals surface area contributed by atoms with E-state index in [4.69, 9.17) is 0 Å². The number of nitrogens with one attached hydrogen (secondary N) is 1. The summed E-state index contributed by atoms with van der Waals surface area (Å²) in [5.41, 5.74) is 1.12. The summed E-state index contributed by atoms with van der Waals surface area (Å²) in [7, 11) is 0. The van der Waals surface area contributed by atoms with Gasteiger partial charge in [0.15, 0.2) is 5.13 Å². The number of pyridine rings is 1. The molecule has 1 saturated carbocycles. The van der Waals surface area contributed by atoms with Gasteiger partial charge in [0.05, 0.1) is 11.3 Å². The predicted octanol–water partition coefficient (Wildman–Crippen LogP) is 3.98. The van der Waals surface area contributed by atoms with Crippen molar-refractivity contribution in [3.05, 3.63) is 35.0 Å². The maximum atomic E-state index is 12.5. The highest BCUT2D eigenvalue weighted by Gasteiger charge is 2.26. The second kappa shape index (κ2) is 6.07. The van der Waals surface area contributed by atoms with Gasteiger partial charge in [0.2, 0.25) is 0 Å². The summed E-state index contributed by atoms with van der Waals surface area (Å²) in [5.74, 6) is -2.58. The molecule has 0 atom stereocenters. The molecule has 0 unspecified atom stereocenters. The fourth-order valence-electron chi connectivity index (χ4n) is 1.82. The molecule has 0 aromatic carbocycles. The number of halogens is 2. The van der Waals surface area contributed by atoms with Crippen molar-refractivity contribution in [1.29, 1.82) is 0 Å². The Kier molecular flexibility index (Phi) is 4.16. The van der Waals surface area contributed by atoms with Crippen molar-refractivity contribution in [3.8, 4) is 0 Å². The minimum absolute atomic E-state index is 0.0176. The van der Waals surface area contributed by atoms with Crippen LogP contribution in [-0.4, -0.2) is 21.6 Å². The number of carbonyl (C=O) groups excluding carboxylic acids is 1. The molecule has 1 fully saturated rings. The van der Waals surface area contributed by atoms with Gasteiger partial charge in [0.25, 0.3) is 11.7 Å². The molecule has 1 N–H and O–H groups in total. The van der Waals surface area contributed by atoms with Crippen LogP contribution in [0.25, 0.3) is 0 Å². The van der Waals surface area contributed by atoms with Gasteiger partial charge in [-0.2, -0.15) is 8.78 Å². The number of thioether (sulfide) groups is 1. The zero-order valence-corrected chi connectivity index (χ0v) is 12.4. The fourth-order valence-corrected chi connectivity index (χ4v) is 3.18. The quantitative estimate of drug-likeness (QED) is 0.844. The molecular weight excluding hydrogens is 316 g/mol. The number of nitrogens with zero attached hydrogens (tertiary/aromatic N) is 2. The molecule has 0 saturated heterocycles. The molecule has 0 radical (unpaired) electrons. The number of anilines is 1. The number of hydrogen-bond acceptors (Lipinski definition) is 5. The minimum atomic E-state index is -2.62.